The molecule has 1 rings (SSSR count). The topological polar surface area (TPSA) is 72.2 Å². The summed E-state index contributed by atoms with van der Waals surface area (Å²) >= 11 is 0. The number of nitrogens with two attached hydrogens (primary N) is 1. The molecule has 108 valence electrons. The molecule has 5 heteroatoms. The number of aryl methyl sites for hydroxylation is 1. The maximum Gasteiger partial charge on any atom is 0.240 e. The summed E-state index contributed by atoms with van der Waals surface area (Å²) in [6.07, 6.45) is 2.88. The average molecular weight is 284 g/mol. The van der Waals surface area contributed by atoms with Crippen LogP contribution in [0.1, 0.15) is 31.7 Å². The molecule has 0 bridgehead atoms. The van der Waals surface area contributed by atoms with Crippen molar-refractivity contribution in [1.29, 1.82) is 0 Å². The summed E-state index contributed by atoms with van der Waals surface area (Å²) in [5.74, 6) is 0.314. The largest absolute Gasteiger partial charge is 0.330 e. The number of nitrogens with one attached hydrogen (secondary N) is 1. The fourth-order valence-electron chi connectivity index (χ4n) is 2.16. The van der Waals surface area contributed by atoms with Gasteiger partial charge in [-0.15, -0.1) is 0 Å². The third-order valence-corrected chi connectivity index (χ3v) is 4.80. The highest BCUT2D eigenvalue weighted by Gasteiger charge is 2.17. The molecule has 0 spiro atoms. The van der Waals surface area contributed by atoms with E-state index in [1.54, 1.807) is 25.1 Å². The molecule has 0 fully saturated rings. The van der Waals surface area contributed by atoms with Gasteiger partial charge >= 0.3 is 0 Å². The van der Waals surface area contributed by atoms with Crippen molar-refractivity contribution in [1.82, 2.24) is 4.72 Å². The number of hydrogen-bond acceptors (Lipinski definition) is 3. The zero-order valence-corrected chi connectivity index (χ0v) is 12.5. The van der Waals surface area contributed by atoms with E-state index in [0.29, 0.717) is 23.9 Å². The van der Waals surface area contributed by atoms with Crippen LogP contribution in [0.15, 0.2) is 29.2 Å². The van der Waals surface area contributed by atoms with E-state index in [0.717, 1.165) is 24.8 Å². The maximum atomic E-state index is 12.2. The number of rotatable bonds is 8. The minimum absolute atomic E-state index is 0.314. The van der Waals surface area contributed by atoms with Gasteiger partial charge in [0.2, 0.25) is 10.0 Å². The van der Waals surface area contributed by atoms with Gasteiger partial charge in [-0.2, -0.15) is 0 Å². The van der Waals surface area contributed by atoms with Crippen molar-refractivity contribution in [3.8, 4) is 0 Å². The number of hydrogen-bond donors (Lipinski definition) is 2. The SMILES string of the molecule is CCCC(CCN)CNS(=O)(=O)c1ccccc1C. The lowest BCUT2D eigenvalue weighted by Crippen LogP contribution is -2.30. The first-order valence-corrected chi connectivity index (χ1v) is 8.25. The van der Waals surface area contributed by atoms with Gasteiger partial charge in [0.15, 0.2) is 0 Å². The van der Waals surface area contributed by atoms with Crippen LogP contribution >= 0.6 is 0 Å². The van der Waals surface area contributed by atoms with E-state index < -0.39 is 10.0 Å². The Balaban J connectivity index is 2.72. The van der Waals surface area contributed by atoms with E-state index in [1.807, 2.05) is 6.07 Å². The Morgan fingerprint density at radius 1 is 1.26 bits per heavy atom. The summed E-state index contributed by atoms with van der Waals surface area (Å²) in [5, 5.41) is 0. The van der Waals surface area contributed by atoms with Crippen molar-refractivity contribution in [3.63, 3.8) is 0 Å². The highest BCUT2D eigenvalue weighted by molar-refractivity contribution is 7.89. The second-order valence-corrected chi connectivity index (χ2v) is 6.58. The highest BCUT2D eigenvalue weighted by Crippen LogP contribution is 2.15. The van der Waals surface area contributed by atoms with Crippen molar-refractivity contribution in [3.05, 3.63) is 29.8 Å². The zero-order chi connectivity index (χ0) is 14.3. The van der Waals surface area contributed by atoms with E-state index in [4.69, 9.17) is 5.73 Å². The Kier molecular flexibility index (Phi) is 6.48. The molecular formula is C14H24N2O2S. The normalized spacial score (nSPS) is 13.4. The molecule has 0 aliphatic carbocycles. The van der Waals surface area contributed by atoms with Crippen LogP contribution < -0.4 is 10.5 Å². The molecule has 0 amide bonds. The van der Waals surface area contributed by atoms with Crippen LogP contribution in [0.25, 0.3) is 0 Å². The number of sulfonamides is 1. The monoisotopic (exact) mass is 284 g/mol. The molecule has 0 aromatic heterocycles. The smallest absolute Gasteiger partial charge is 0.240 e. The van der Waals surface area contributed by atoms with Crippen LogP contribution in [-0.2, 0) is 10.0 Å². The van der Waals surface area contributed by atoms with Crippen LogP contribution in [-0.4, -0.2) is 21.5 Å². The van der Waals surface area contributed by atoms with Crippen molar-refractivity contribution < 1.29 is 8.42 Å². The van der Waals surface area contributed by atoms with Gasteiger partial charge in [0.05, 0.1) is 4.90 Å². The van der Waals surface area contributed by atoms with E-state index >= 15 is 0 Å². The van der Waals surface area contributed by atoms with Crippen molar-refractivity contribution in [2.75, 3.05) is 13.1 Å². The van der Waals surface area contributed by atoms with Crippen LogP contribution in [0.3, 0.4) is 0 Å². The summed E-state index contributed by atoms with van der Waals surface area (Å²) in [6, 6.07) is 7.01. The molecule has 1 aromatic rings. The Bertz CT molecular complexity index is 480. The lowest BCUT2D eigenvalue weighted by atomic mass is 10.0. The van der Waals surface area contributed by atoms with E-state index in [-0.39, 0.29) is 0 Å². The molecule has 0 aliphatic heterocycles. The minimum Gasteiger partial charge on any atom is -0.330 e. The Hall–Kier alpha value is -0.910. The predicted octanol–water partition coefficient (Wildman–Crippen LogP) is 2.04. The van der Waals surface area contributed by atoms with Gasteiger partial charge in [-0.25, -0.2) is 13.1 Å². The van der Waals surface area contributed by atoms with Gasteiger partial charge in [0.25, 0.3) is 0 Å². The van der Waals surface area contributed by atoms with Crippen LogP contribution in [0.5, 0.6) is 0 Å². The molecule has 1 unspecified atom stereocenters. The first-order chi connectivity index (χ1) is 9.01. The van der Waals surface area contributed by atoms with Gasteiger partial charge in [-0.1, -0.05) is 31.5 Å². The molecule has 19 heavy (non-hydrogen) atoms. The summed E-state index contributed by atoms with van der Waals surface area (Å²) in [5.41, 5.74) is 6.32. The summed E-state index contributed by atoms with van der Waals surface area (Å²) in [4.78, 5) is 0.359. The molecule has 0 aliphatic rings. The second-order valence-electron chi connectivity index (χ2n) is 4.85. The Morgan fingerprint density at radius 2 is 1.95 bits per heavy atom. The lowest BCUT2D eigenvalue weighted by molar-refractivity contribution is 0.443. The van der Waals surface area contributed by atoms with Crippen molar-refractivity contribution >= 4 is 10.0 Å². The van der Waals surface area contributed by atoms with E-state index in [1.165, 1.54) is 0 Å². The molecular weight excluding hydrogens is 260 g/mol. The first kappa shape index (κ1) is 16.1. The maximum absolute atomic E-state index is 12.2. The molecule has 0 saturated heterocycles. The van der Waals surface area contributed by atoms with Crippen LogP contribution in [0.4, 0.5) is 0 Å². The van der Waals surface area contributed by atoms with Crippen LogP contribution in [0, 0.1) is 12.8 Å². The average Bonchev–Trinajstić information content (AvgIpc) is 2.37. The standard InChI is InChI=1S/C14H24N2O2S/c1-3-6-13(9-10-15)11-16-19(17,18)14-8-5-4-7-12(14)2/h4-5,7-8,13,16H,3,6,9-11,15H2,1-2H3. The fraction of sp³-hybridized carbons (Fsp3) is 0.571. The van der Waals surface area contributed by atoms with Crippen LogP contribution in [0.2, 0.25) is 0 Å². The van der Waals surface area contributed by atoms with Gasteiger partial charge in [0.1, 0.15) is 0 Å². The number of benzene rings is 1. The molecule has 4 nitrogen and oxygen atoms in total. The second kappa shape index (κ2) is 7.62. The third-order valence-electron chi connectivity index (χ3n) is 3.22. The predicted molar refractivity (Wildman–Crippen MR) is 78.4 cm³/mol. The molecule has 3 N–H and O–H groups in total. The summed E-state index contributed by atoms with van der Waals surface area (Å²) in [7, 11) is -3.41. The lowest BCUT2D eigenvalue weighted by Gasteiger charge is -2.16. The third kappa shape index (κ3) is 4.93. The van der Waals surface area contributed by atoms with Crippen molar-refractivity contribution in [2.24, 2.45) is 11.7 Å². The molecule has 0 heterocycles. The fourth-order valence-corrected chi connectivity index (χ4v) is 3.52. The van der Waals surface area contributed by atoms with Crippen molar-refractivity contribution in [2.45, 2.75) is 38.0 Å². The van der Waals surface area contributed by atoms with E-state index in [9.17, 15) is 8.42 Å². The quantitative estimate of drug-likeness (QED) is 0.767. The molecule has 0 saturated carbocycles. The first-order valence-electron chi connectivity index (χ1n) is 6.76. The zero-order valence-electron chi connectivity index (χ0n) is 11.7. The molecule has 0 radical (unpaired) electrons. The summed E-state index contributed by atoms with van der Waals surface area (Å²) in [6.45, 7) is 4.95. The minimum atomic E-state index is -3.41. The Morgan fingerprint density at radius 3 is 2.53 bits per heavy atom. The van der Waals surface area contributed by atoms with Gasteiger partial charge < -0.3 is 5.73 Å². The van der Waals surface area contributed by atoms with Gasteiger partial charge in [-0.3, -0.25) is 0 Å². The molecule has 1 aromatic carbocycles. The Labute approximate surface area is 116 Å². The van der Waals surface area contributed by atoms with E-state index in [2.05, 4.69) is 11.6 Å². The molecule has 1 atom stereocenters. The van der Waals surface area contributed by atoms with Gasteiger partial charge in [0, 0.05) is 6.54 Å². The highest BCUT2D eigenvalue weighted by atomic mass is 32.2. The summed E-state index contributed by atoms with van der Waals surface area (Å²) < 4.78 is 27.1. The van der Waals surface area contributed by atoms with Gasteiger partial charge in [-0.05, 0) is 43.9 Å².